The van der Waals surface area contributed by atoms with Crippen molar-refractivity contribution in [1.29, 1.82) is 0 Å². The van der Waals surface area contributed by atoms with Crippen LogP contribution >= 0.6 is 0 Å². The summed E-state index contributed by atoms with van der Waals surface area (Å²) in [6, 6.07) is 0. The summed E-state index contributed by atoms with van der Waals surface area (Å²) in [5.74, 6) is -0.845. The van der Waals surface area contributed by atoms with Gasteiger partial charge in [0.25, 0.3) is 0 Å². The zero-order valence-corrected chi connectivity index (χ0v) is 10.6. The topological polar surface area (TPSA) is 157 Å². The van der Waals surface area contributed by atoms with Gasteiger partial charge < -0.3 is 31.7 Å². The maximum atomic E-state index is 11.4. The Balaban J connectivity index is 4.01. The molecule has 1 amide bonds. The number of nitrogens with one attached hydrogen (secondary N) is 1. The van der Waals surface area contributed by atoms with Gasteiger partial charge in [0.2, 0.25) is 11.2 Å². The fourth-order valence-corrected chi connectivity index (χ4v) is 1.33. The Labute approximate surface area is 110 Å². The average molecular weight is 279 g/mol. The Morgan fingerprint density at radius 3 is 2.53 bits per heavy atom. The molecule has 0 fully saturated rings. The van der Waals surface area contributed by atoms with Gasteiger partial charge in [-0.05, 0) is 0 Å². The largest absolute Gasteiger partial charge is 0.569 e. The lowest BCUT2D eigenvalue weighted by atomic mass is 10.1. The number of amides is 1. The third-order valence-corrected chi connectivity index (χ3v) is 2.39. The summed E-state index contributed by atoms with van der Waals surface area (Å²) in [5, 5.41) is 43.1. The van der Waals surface area contributed by atoms with Gasteiger partial charge in [0.05, 0.1) is 18.1 Å². The van der Waals surface area contributed by atoms with Crippen LogP contribution in [0.15, 0.2) is 5.28 Å². The molecule has 10 heteroatoms. The van der Waals surface area contributed by atoms with Crippen LogP contribution < -0.4 is 11.1 Å². The van der Waals surface area contributed by atoms with E-state index >= 15 is 0 Å². The number of carbonyl (C=O) groups excluding carboxylic acids is 1. The normalized spacial score (nSPS) is 11.7. The molecule has 0 aliphatic carbocycles. The van der Waals surface area contributed by atoms with E-state index < -0.39 is 5.92 Å². The minimum absolute atomic E-state index is 0.00461. The zero-order chi connectivity index (χ0) is 14.7. The molecule has 0 aliphatic rings. The Morgan fingerprint density at radius 2 is 2.05 bits per heavy atom. The molecule has 0 spiro atoms. The molecule has 0 saturated heterocycles. The fourth-order valence-electron chi connectivity index (χ4n) is 1.33. The summed E-state index contributed by atoms with van der Waals surface area (Å²) in [6.07, 6.45) is -0.00461. The van der Waals surface area contributed by atoms with Crippen LogP contribution in [0, 0.1) is 11.1 Å². The van der Waals surface area contributed by atoms with Crippen molar-refractivity contribution in [3.63, 3.8) is 0 Å². The fraction of sp³-hybridized carbons (Fsp3) is 0.889. The summed E-state index contributed by atoms with van der Waals surface area (Å²) < 4.78 is 0. The molecular weight excluding hydrogens is 258 g/mol. The number of aliphatic hydroxyl groups is 2. The van der Waals surface area contributed by atoms with Crippen LogP contribution in [-0.2, 0) is 4.79 Å². The first-order valence-electron chi connectivity index (χ1n) is 5.84. The molecule has 10 nitrogen and oxygen atoms in total. The second-order valence-corrected chi connectivity index (χ2v) is 3.87. The predicted octanol–water partition coefficient (Wildman–Crippen LogP) is -2.38. The van der Waals surface area contributed by atoms with E-state index in [2.05, 4.69) is 10.6 Å². The van der Waals surface area contributed by atoms with E-state index in [0.29, 0.717) is 0 Å². The van der Waals surface area contributed by atoms with E-state index in [4.69, 9.17) is 21.2 Å². The molecule has 0 unspecified atom stereocenters. The summed E-state index contributed by atoms with van der Waals surface area (Å²) in [5.41, 5.74) is 5.28. The lowest BCUT2D eigenvalue weighted by molar-refractivity contribution is -0.708. The summed E-state index contributed by atoms with van der Waals surface area (Å²) in [6.45, 7) is 0.0939. The van der Waals surface area contributed by atoms with Gasteiger partial charge >= 0.3 is 0 Å². The maximum absolute atomic E-state index is 11.4. The lowest BCUT2D eigenvalue weighted by Gasteiger charge is -2.17. The first kappa shape index (κ1) is 17.4. The molecule has 6 N–H and O–H groups in total. The van der Waals surface area contributed by atoms with E-state index in [-0.39, 0.29) is 56.7 Å². The smallest absolute Gasteiger partial charge is 0.230 e. The van der Waals surface area contributed by atoms with Crippen LogP contribution in [0.5, 0.6) is 0 Å². The Kier molecular flexibility index (Phi) is 9.40. The van der Waals surface area contributed by atoms with Crippen LogP contribution in [0.2, 0.25) is 0 Å². The first-order chi connectivity index (χ1) is 9.08. The van der Waals surface area contributed by atoms with E-state index in [1.165, 1.54) is 0 Å². The molecule has 0 rings (SSSR count). The van der Waals surface area contributed by atoms with Gasteiger partial charge in [0.1, 0.15) is 0 Å². The van der Waals surface area contributed by atoms with Gasteiger partial charge in [-0.3, -0.25) is 4.79 Å². The quantitative estimate of drug-likeness (QED) is 0.170. The third-order valence-electron chi connectivity index (χ3n) is 2.39. The molecular formula is C9H21N5O5. The van der Waals surface area contributed by atoms with Crippen LogP contribution in [0.25, 0.3) is 0 Å². The highest BCUT2D eigenvalue weighted by Gasteiger charge is 2.14. The van der Waals surface area contributed by atoms with Crippen molar-refractivity contribution in [2.24, 2.45) is 16.9 Å². The van der Waals surface area contributed by atoms with Gasteiger partial charge in [-0.15, -0.1) is 5.01 Å². The van der Waals surface area contributed by atoms with E-state index in [1.54, 1.807) is 0 Å². The zero-order valence-electron chi connectivity index (χ0n) is 10.6. The number of aliphatic hydroxyl groups excluding tert-OH is 2. The monoisotopic (exact) mass is 279 g/mol. The van der Waals surface area contributed by atoms with Gasteiger partial charge in [-0.25, -0.2) is 0 Å². The third kappa shape index (κ3) is 7.39. The first-order valence-corrected chi connectivity index (χ1v) is 5.84. The van der Waals surface area contributed by atoms with E-state index in [0.717, 1.165) is 5.01 Å². The molecule has 0 bridgehead atoms. The summed E-state index contributed by atoms with van der Waals surface area (Å²) in [7, 11) is 0. The summed E-state index contributed by atoms with van der Waals surface area (Å²) in [4.78, 5) is 11.4. The number of nitrogens with zero attached hydrogens (tertiary/aromatic N) is 3. The highest BCUT2D eigenvalue weighted by atomic mass is 16.6. The molecule has 0 aromatic rings. The number of nitrogens with two attached hydrogens (primary N) is 1. The molecule has 0 aliphatic heterocycles. The average Bonchev–Trinajstić information content (AvgIpc) is 2.42. The number of hydrazine groups is 1. The van der Waals surface area contributed by atoms with Crippen molar-refractivity contribution in [3.05, 3.63) is 5.21 Å². The van der Waals surface area contributed by atoms with Gasteiger partial charge in [-0.2, -0.15) is 0 Å². The summed E-state index contributed by atoms with van der Waals surface area (Å²) >= 11 is 0. The SMILES string of the molecule is NCCN(CCNC(=O)CC(CO)CO)[N+]([O-])=NO. The standard InChI is InChI=1S/C9H21N5O5/c10-1-3-13(14(19)12-18)4-2-11-9(17)5-8(6-15)7-16/h8,15-16,18H,1-7,10H2,(H,11,17). The van der Waals surface area contributed by atoms with Crippen LogP contribution in [-0.4, -0.2) is 70.7 Å². The molecule has 0 radical (unpaired) electrons. The molecule has 112 valence electrons. The second-order valence-electron chi connectivity index (χ2n) is 3.87. The maximum Gasteiger partial charge on any atom is 0.230 e. The highest BCUT2D eigenvalue weighted by Crippen LogP contribution is 1.99. The van der Waals surface area contributed by atoms with Crippen LogP contribution in [0.4, 0.5) is 0 Å². The van der Waals surface area contributed by atoms with Crippen molar-refractivity contribution >= 4 is 5.91 Å². The molecule has 0 heterocycles. The van der Waals surface area contributed by atoms with Crippen LogP contribution in [0.3, 0.4) is 0 Å². The van der Waals surface area contributed by atoms with Crippen molar-refractivity contribution in [1.82, 2.24) is 10.3 Å². The minimum Gasteiger partial charge on any atom is -0.569 e. The Morgan fingerprint density at radius 1 is 1.42 bits per heavy atom. The minimum atomic E-state index is -0.497. The second kappa shape index (κ2) is 10.3. The number of hydrogen-bond acceptors (Lipinski definition) is 6. The van der Waals surface area contributed by atoms with Crippen molar-refractivity contribution in [3.8, 4) is 0 Å². The Hall–Kier alpha value is -1.65. The van der Waals surface area contributed by atoms with Crippen molar-refractivity contribution < 1.29 is 25.2 Å². The van der Waals surface area contributed by atoms with Crippen molar-refractivity contribution in [2.75, 3.05) is 39.4 Å². The lowest BCUT2D eigenvalue weighted by Crippen LogP contribution is -2.41. The van der Waals surface area contributed by atoms with Gasteiger partial charge in [-0.1, -0.05) is 0 Å². The van der Waals surface area contributed by atoms with Crippen LogP contribution in [0.1, 0.15) is 6.42 Å². The van der Waals surface area contributed by atoms with E-state index in [1.807, 2.05) is 0 Å². The number of rotatable bonds is 10. The number of carbonyl (C=O) groups is 1. The Bertz CT molecular complexity index is 284. The molecule has 19 heavy (non-hydrogen) atoms. The predicted molar refractivity (Wildman–Crippen MR) is 63.8 cm³/mol. The molecule has 0 aromatic heterocycles. The number of hydrogen-bond donors (Lipinski definition) is 5. The van der Waals surface area contributed by atoms with Crippen molar-refractivity contribution in [2.45, 2.75) is 6.42 Å². The van der Waals surface area contributed by atoms with Gasteiger partial charge in [0, 0.05) is 38.6 Å². The molecule has 0 aromatic carbocycles. The highest BCUT2D eigenvalue weighted by molar-refractivity contribution is 5.76. The van der Waals surface area contributed by atoms with E-state index in [9.17, 15) is 10.0 Å². The molecule has 0 atom stereocenters. The van der Waals surface area contributed by atoms with Gasteiger partial charge in [0.15, 0.2) is 0 Å². The molecule has 0 saturated carbocycles.